The number of unbranched alkanes of at least 4 members (excludes halogenated alkanes) is 15. The monoisotopic (exact) mass is 756 g/mol. The van der Waals surface area contributed by atoms with Crippen LogP contribution in [0.2, 0.25) is 0 Å². The van der Waals surface area contributed by atoms with Crippen molar-refractivity contribution in [2.75, 3.05) is 26.1 Å². The quantitative estimate of drug-likeness (QED) is 0.0495. The third-order valence-corrected chi connectivity index (χ3v) is 10.0. The molecule has 0 aliphatic rings. The molecule has 0 saturated carbocycles. The molecule has 0 spiro atoms. The third-order valence-electron chi connectivity index (χ3n) is 9.31. The van der Waals surface area contributed by atoms with E-state index in [1.54, 1.807) is 17.7 Å². The van der Waals surface area contributed by atoms with Gasteiger partial charge >= 0.3 is 8.60 Å². The third kappa shape index (κ3) is 19.6. The van der Waals surface area contributed by atoms with Gasteiger partial charge < -0.3 is 29.1 Å². The highest BCUT2D eigenvalue weighted by Crippen LogP contribution is 2.34. The van der Waals surface area contributed by atoms with Crippen LogP contribution in [0.3, 0.4) is 0 Å². The SMILES string of the molecule is C#N.CCCCCCCCCCCCCCCCCCC(COP(O)OCC(CCc1ccc2c(N)ncnn12)OC)OCc1cc(F)cc(C#N)c1. The van der Waals surface area contributed by atoms with E-state index in [9.17, 15) is 14.5 Å². The number of rotatable bonds is 30. The second-order valence-corrected chi connectivity index (χ2v) is 14.5. The highest BCUT2D eigenvalue weighted by Gasteiger charge is 2.18. The molecule has 13 heteroatoms. The maximum absolute atomic E-state index is 14.0. The number of aromatic nitrogens is 3. The van der Waals surface area contributed by atoms with Crippen LogP contribution < -0.4 is 5.73 Å². The summed E-state index contributed by atoms with van der Waals surface area (Å²) in [5.74, 6) is -0.0494. The van der Waals surface area contributed by atoms with E-state index in [1.165, 1.54) is 108 Å². The number of fused-ring (bicyclic) bond motifs is 1. The van der Waals surface area contributed by atoms with Crippen molar-refractivity contribution >= 4 is 19.9 Å². The second kappa shape index (κ2) is 29.2. The fourth-order valence-corrected chi connectivity index (χ4v) is 6.91. The molecule has 0 aliphatic heterocycles. The highest BCUT2D eigenvalue weighted by molar-refractivity contribution is 7.40. The zero-order chi connectivity index (χ0) is 38.5. The predicted octanol–water partition coefficient (Wildman–Crippen LogP) is 9.90. The second-order valence-electron chi connectivity index (χ2n) is 13.5. The molecule has 294 valence electrons. The highest BCUT2D eigenvalue weighted by atomic mass is 31.2. The van der Waals surface area contributed by atoms with Gasteiger partial charge in [0.2, 0.25) is 0 Å². The van der Waals surface area contributed by atoms with Crippen LogP contribution in [0, 0.1) is 29.0 Å². The number of nitrogens with zero attached hydrogens (tertiary/aromatic N) is 5. The number of nitrogen functional groups attached to an aromatic ring is 1. The minimum absolute atomic E-state index is 0.135. The Morgan fingerprint density at radius 1 is 0.868 bits per heavy atom. The molecular weight excluding hydrogens is 694 g/mol. The Labute approximate surface area is 318 Å². The lowest BCUT2D eigenvalue weighted by Crippen LogP contribution is -2.21. The number of nitriles is 2. The first-order valence-corrected chi connectivity index (χ1v) is 20.5. The number of benzene rings is 1. The summed E-state index contributed by atoms with van der Waals surface area (Å²) in [6.45, 7) is 6.20. The molecule has 3 rings (SSSR count). The summed E-state index contributed by atoms with van der Waals surface area (Å²) in [6, 6.07) is 10.0. The molecule has 0 fully saturated rings. The maximum Gasteiger partial charge on any atom is 0.330 e. The number of aryl methyl sites for hydroxylation is 1. The minimum atomic E-state index is -2.16. The van der Waals surface area contributed by atoms with Gasteiger partial charge in [-0.25, -0.2) is 19.2 Å². The summed E-state index contributed by atoms with van der Waals surface area (Å²) in [6.07, 6.45) is 23.7. The van der Waals surface area contributed by atoms with Crippen molar-refractivity contribution < 1.29 is 27.8 Å². The molecule has 3 aromatic rings. The van der Waals surface area contributed by atoms with Crippen molar-refractivity contribution in [2.24, 2.45) is 0 Å². The van der Waals surface area contributed by atoms with Gasteiger partial charge in [-0.1, -0.05) is 110 Å². The number of halogens is 1. The maximum atomic E-state index is 14.0. The molecular formula is C40H62FN6O5P. The van der Waals surface area contributed by atoms with E-state index in [0.717, 1.165) is 30.5 Å². The van der Waals surface area contributed by atoms with Gasteiger partial charge in [-0.15, -0.1) is 0 Å². The number of nitrogens with two attached hydrogens (primary N) is 1. The van der Waals surface area contributed by atoms with E-state index in [-0.39, 0.29) is 37.6 Å². The Hall–Kier alpha value is -3.22. The van der Waals surface area contributed by atoms with Crippen molar-refractivity contribution in [3.63, 3.8) is 0 Å². The topological polar surface area (TPSA) is 161 Å². The molecule has 0 amide bonds. The van der Waals surface area contributed by atoms with E-state index in [0.29, 0.717) is 24.2 Å². The van der Waals surface area contributed by atoms with Crippen molar-refractivity contribution in [1.29, 1.82) is 10.5 Å². The van der Waals surface area contributed by atoms with Crippen molar-refractivity contribution in [1.82, 2.24) is 14.6 Å². The van der Waals surface area contributed by atoms with E-state index in [4.69, 9.17) is 29.5 Å². The Balaban J connectivity index is 0.00000477. The van der Waals surface area contributed by atoms with Crippen LogP contribution >= 0.6 is 8.60 Å². The molecule has 1 aromatic carbocycles. The van der Waals surface area contributed by atoms with Gasteiger partial charge in [-0.2, -0.15) is 10.4 Å². The molecule has 3 N–H and O–H groups in total. The van der Waals surface area contributed by atoms with E-state index in [2.05, 4.69) is 23.6 Å². The Morgan fingerprint density at radius 3 is 2.04 bits per heavy atom. The van der Waals surface area contributed by atoms with Gasteiger partial charge in [-0.05, 0) is 55.2 Å². The number of hydrogen-bond acceptors (Lipinski definition) is 10. The summed E-state index contributed by atoms with van der Waals surface area (Å²) in [5.41, 5.74) is 8.50. The number of methoxy groups -OCH3 is 1. The first kappa shape index (κ1) is 45.9. The summed E-state index contributed by atoms with van der Waals surface area (Å²) < 4.78 is 38.8. The fourth-order valence-electron chi connectivity index (χ4n) is 6.25. The van der Waals surface area contributed by atoms with Crippen LogP contribution in [0.1, 0.15) is 139 Å². The number of hydrogen-bond donors (Lipinski definition) is 2. The lowest BCUT2D eigenvalue weighted by Gasteiger charge is -2.21. The molecule has 2 aromatic heterocycles. The van der Waals surface area contributed by atoms with Gasteiger partial charge in [0, 0.05) is 19.4 Å². The summed E-state index contributed by atoms with van der Waals surface area (Å²) in [4.78, 5) is 14.6. The molecule has 3 unspecified atom stereocenters. The molecule has 3 atom stereocenters. The van der Waals surface area contributed by atoms with Crippen LogP contribution in [0.5, 0.6) is 0 Å². The van der Waals surface area contributed by atoms with Crippen LogP contribution in [-0.2, 0) is 31.5 Å². The van der Waals surface area contributed by atoms with Gasteiger partial charge in [-0.3, -0.25) is 0 Å². The summed E-state index contributed by atoms with van der Waals surface area (Å²) in [5, 5.41) is 20.0. The molecule has 0 saturated heterocycles. The average Bonchev–Trinajstić information content (AvgIpc) is 3.60. The number of anilines is 1. The Morgan fingerprint density at radius 2 is 1.45 bits per heavy atom. The Kier molecular flexibility index (Phi) is 25.3. The minimum Gasteiger partial charge on any atom is -0.382 e. The van der Waals surface area contributed by atoms with E-state index in [1.807, 2.05) is 18.2 Å². The lowest BCUT2D eigenvalue weighted by molar-refractivity contribution is -0.00535. The van der Waals surface area contributed by atoms with Crippen molar-refractivity contribution in [3.8, 4) is 12.6 Å². The van der Waals surface area contributed by atoms with Crippen LogP contribution in [0.25, 0.3) is 5.52 Å². The van der Waals surface area contributed by atoms with E-state index < -0.39 is 14.4 Å². The normalized spacial score (nSPS) is 12.9. The zero-order valence-electron chi connectivity index (χ0n) is 32.0. The van der Waals surface area contributed by atoms with E-state index >= 15 is 0 Å². The van der Waals surface area contributed by atoms with Gasteiger partial charge in [0.1, 0.15) is 17.7 Å². The zero-order valence-corrected chi connectivity index (χ0v) is 32.9. The molecule has 0 radical (unpaired) electrons. The standard InChI is InChI=1S/C39H61FN5O5P.CHN/c1-3-4-5-6-7-8-9-10-11-12-13-14-15-16-17-18-19-37(48-28-33-24-32(27-41)25-34(40)26-33)30-50-51(46)49-29-36(47-2)22-20-35-21-23-38-39(42)43-31-44-45(35)38;1-2/h21,23-26,31,36-37,46H,3-20,22,28-30H2,1-2H3,(H2,42,43,44);1H. The summed E-state index contributed by atoms with van der Waals surface area (Å²) in [7, 11) is -0.554. The Bertz CT molecular complexity index is 1450. The predicted molar refractivity (Wildman–Crippen MR) is 208 cm³/mol. The molecule has 0 bridgehead atoms. The van der Waals surface area contributed by atoms with Gasteiger partial charge in [0.15, 0.2) is 5.82 Å². The fraction of sp³-hybridized carbons (Fsp3) is 0.650. The van der Waals surface area contributed by atoms with Gasteiger partial charge in [0.05, 0.1) is 43.7 Å². The van der Waals surface area contributed by atoms with Gasteiger partial charge in [0.25, 0.3) is 0 Å². The van der Waals surface area contributed by atoms with Crippen molar-refractivity contribution in [3.05, 3.63) is 59.3 Å². The smallest absolute Gasteiger partial charge is 0.330 e. The van der Waals surface area contributed by atoms with Crippen LogP contribution in [0.4, 0.5) is 10.2 Å². The first-order valence-electron chi connectivity index (χ1n) is 19.3. The average molecular weight is 757 g/mol. The van der Waals surface area contributed by atoms with Crippen LogP contribution in [0.15, 0.2) is 36.7 Å². The lowest BCUT2D eigenvalue weighted by atomic mass is 10.0. The summed E-state index contributed by atoms with van der Waals surface area (Å²) >= 11 is 0. The number of ether oxygens (including phenoxy) is 2. The molecule has 11 nitrogen and oxygen atoms in total. The molecule has 53 heavy (non-hydrogen) atoms. The molecule has 2 heterocycles. The largest absolute Gasteiger partial charge is 0.382 e. The van der Waals surface area contributed by atoms with Crippen LogP contribution in [-0.4, -0.2) is 52.0 Å². The first-order chi connectivity index (χ1) is 25.9. The van der Waals surface area contributed by atoms with Crippen molar-refractivity contribution in [2.45, 2.75) is 148 Å². The molecule has 0 aliphatic carbocycles.